The van der Waals surface area contributed by atoms with Crippen LogP contribution in [0.3, 0.4) is 0 Å². The van der Waals surface area contributed by atoms with Crippen molar-refractivity contribution in [1.82, 2.24) is 0 Å². The summed E-state index contributed by atoms with van der Waals surface area (Å²) >= 11 is 0. The zero-order valence-corrected chi connectivity index (χ0v) is 5.29. The van der Waals surface area contributed by atoms with Crippen LogP contribution in [-0.4, -0.2) is 18.9 Å². The molecule has 10 heavy (non-hydrogen) atoms. The third kappa shape index (κ3) is 3.00. The van der Waals surface area contributed by atoms with E-state index in [9.17, 15) is 17.6 Å². The van der Waals surface area contributed by atoms with Crippen molar-refractivity contribution in [2.75, 3.05) is 6.54 Å². The lowest BCUT2D eigenvalue weighted by Gasteiger charge is -2.13. The molecule has 0 saturated heterocycles. The Labute approximate surface area is 56.2 Å². The third-order valence-corrected chi connectivity index (χ3v) is 1.03. The van der Waals surface area contributed by atoms with Gasteiger partial charge in [0.05, 0.1) is 0 Å². The highest BCUT2D eigenvalue weighted by Gasteiger charge is 2.39. The van der Waals surface area contributed by atoms with Gasteiger partial charge in [0.1, 0.15) is 0 Å². The molecule has 5 heteroatoms. The molecule has 0 bridgehead atoms. The maximum atomic E-state index is 11.9. The fourth-order valence-electron chi connectivity index (χ4n) is 0.447. The van der Waals surface area contributed by atoms with E-state index in [-0.39, 0.29) is 13.0 Å². The van der Waals surface area contributed by atoms with Gasteiger partial charge in [0.2, 0.25) is 0 Å². The Bertz CT molecular complexity index is 93.6. The predicted octanol–water partition coefficient (Wildman–Crippen LogP) is 1.63. The van der Waals surface area contributed by atoms with E-state index in [2.05, 4.69) is 0 Å². The van der Waals surface area contributed by atoms with Gasteiger partial charge in [-0.15, -0.1) is 0 Å². The van der Waals surface area contributed by atoms with E-state index in [0.717, 1.165) is 0 Å². The first-order valence-electron chi connectivity index (χ1n) is 2.86. The lowest BCUT2D eigenvalue weighted by Crippen LogP contribution is -2.27. The molecule has 0 aliphatic heterocycles. The Morgan fingerprint density at radius 1 is 1.30 bits per heavy atom. The van der Waals surface area contributed by atoms with Crippen molar-refractivity contribution in [2.45, 2.75) is 25.2 Å². The molecular formula is C5H9F4N. The van der Waals surface area contributed by atoms with Gasteiger partial charge < -0.3 is 5.73 Å². The van der Waals surface area contributed by atoms with Crippen LogP contribution in [0.5, 0.6) is 0 Å². The summed E-state index contributed by atoms with van der Waals surface area (Å²) in [6, 6.07) is 0. The quantitative estimate of drug-likeness (QED) is 0.620. The van der Waals surface area contributed by atoms with Gasteiger partial charge in [-0.1, -0.05) is 0 Å². The van der Waals surface area contributed by atoms with Gasteiger partial charge >= 0.3 is 12.3 Å². The van der Waals surface area contributed by atoms with Crippen molar-refractivity contribution in [2.24, 2.45) is 5.73 Å². The number of hydrogen-bond acceptors (Lipinski definition) is 1. The van der Waals surface area contributed by atoms with Crippen LogP contribution < -0.4 is 5.73 Å². The average molecular weight is 159 g/mol. The fourth-order valence-corrected chi connectivity index (χ4v) is 0.447. The second-order valence-electron chi connectivity index (χ2n) is 1.95. The predicted molar refractivity (Wildman–Crippen MR) is 29.2 cm³/mol. The van der Waals surface area contributed by atoms with E-state index >= 15 is 0 Å². The average Bonchev–Trinajstić information content (AvgIpc) is 1.84. The first kappa shape index (κ1) is 9.68. The van der Waals surface area contributed by atoms with Crippen LogP contribution in [0.25, 0.3) is 0 Å². The maximum Gasteiger partial charge on any atom is 0.307 e. The highest BCUT2D eigenvalue weighted by molar-refractivity contribution is 4.68. The molecular weight excluding hydrogens is 150 g/mol. The number of hydrogen-bond donors (Lipinski definition) is 1. The lowest BCUT2D eigenvalue weighted by molar-refractivity contribution is -0.133. The molecule has 0 aliphatic rings. The van der Waals surface area contributed by atoms with Crippen molar-refractivity contribution in [3.8, 4) is 0 Å². The Hall–Kier alpha value is -0.320. The van der Waals surface area contributed by atoms with Crippen LogP contribution in [-0.2, 0) is 0 Å². The molecule has 0 rings (SSSR count). The Morgan fingerprint density at radius 2 is 1.80 bits per heavy atom. The molecule has 0 amide bonds. The van der Waals surface area contributed by atoms with Crippen LogP contribution in [0, 0.1) is 0 Å². The second kappa shape index (κ2) is 3.75. The first-order valence-corrected chi connectivity index (χ1v) is 2.86. The molecule has 1 nitrogen and oxygen atoms in total. The van der Waals surface area contributed by atoms with Crippen molar-refractivity contribution in [3.63, 3.8) is 0 Å². The van der Waals surface area contributed by atoms with E-state index in [1.54, 1.807) is 0 Å². The molecule has 0 atom stereocenters. The van der Waals surface area contributed by atoms with E-state index in [0.29, 0.717) is 0 Å². The summed E-state index contributed by atoms with van der Waals surface area (Å²) in [7, 11) is 0. The molecule has 0 unspecified atom stereocenters. The molecule has 0 spiro atoms. The molecule has 0 aliphatic carbocycles. The van der Waals surface area contributed by atoms with Gasteiger partial charge in [0.15, 0.2) is 0 Å². The fraction of sp³-hybridized carbons (Fsp3) is 1.00. The third-order valence-electron chi connectivity index (χ3n) is 1.03. The Kier molecular flexibility index (Phi) is 3.63. The highest BCUT2D eigenvalue weighted by atomic mass is 19.3. The largest absolute Gasteiger partial charge is 0.330 e. The molecule has 0 saturated carbocycles. The minimum Gasteiger partial charge on any atom is -0.330 e. The molecule has 0 aromatic carbocycles. The van der Waals surface area contributed by atoms with E-state index in [1.807, 2.05) is 0 Å². The van der Waals surface area contributed by atoms with Gasteiger partial charge in [-0.25, -0.2) is 17.6 Å². The molecule has 0 heterocycles. The molecule has 0 fully saturated rings. The van der Waals surface area contributed by atoms with Gasteiger partial charge in [0, 0.05) is 6.42 Å². The standard InChI is InChI=1S/C5H9F4N/c6-4(7)5(8,9)2-1-3-10/h4H,1-3,10H2. The zero-order chi connectivity index (χ0) is 8.20. The van der Waals surface area contributed by atoms with Gasteiger partial charge in [-0.2, -0.15) is 0 Å². The molecule has 0 aromatic rings. The van der Waals surface area contributed by atoms with E-state index in [1.165, 1.54) is 0 Å². The van der Waals surface area contributed by atoms with Crippen molar-refractivity contribution >= 4 is 0 Å². The number of nitrogens with two attached hydrogens (primary N) is 1. The first-order chi connectivity index (χ1) is 4.50. The lowest BCUT2D eigenvalue weighted by atomic mass is 10.2. The number of halogens is 4. The van der Waals surface area contributed by atoms with Crippen LogP contribution >= 0.6 is 0 Å². The minimum absolute atomic E-state index is 0.0162. The van der Waals surface area contributed by atoms with Crippen LogP contribution in [0.4, 0.5) is 17.6 Å². The molecule has 62 valence electrons. The SMILES string of the molecule is NCCCC(F)(F)C(F)F. The topological polar surface area (TPSA) is 26.0 Å². The number of alkyl halides is 4. The van der Waals surface area contributed by atoms with Crippen LogP contribution in [0.1, 0.15) is 12.8 Å². The zero-order valence-electron chi connectivity index (χ0n) is 5.29. The Morgan fingerprint density at radius 3 is 2.10 bits per heavy atom. The summed E-state index contributed by atoms with van der Waals surface area (Å²) in [5.74, 6) is -3.86. The van der Waals surface area contributed by atoms with Crippen molar-refractivity contribution in [3.05, 3.63) is 0 Å². The molecule has 0 aromatic heterocycles. The molecule has 0 radical (unpaired) electrons. The summed E-state index contributed by atoms with van der Waals surface area (Å²) in [5.41, 5.74) is 4.86. The number of rotatable bonds is 4. The van der Waals surface area contributed by atoms with Crippen molar-refractivity contribution < 1.29 is 17.6 Å². The normalized spacial score (nSPS) is 12.6. The monoisotopic (exact) mass is 159 g/mol. The van der Waals surface area contributed by atoms with E-state index in [4.69, 9.17) is 5.73 Å². The summed E-state index contributed by atoms with van der Waals surface area (Å²) in [4.78, 5) is 0. The van der Waals surface area contributed by atoms with Gasteiger partial charge in [0.25, 0.3) is 0 Å². The summed E-state index contributed by atoms with van der Waals surface area (Å²) in [6.07, 6.45) is -4.47. The maximum absolute atomic E-state index is 11.9. The van der Waals surface area contributed by atoms with Crippen LogP contribution in [0.2, 0.25) is 0 Å². The van der Waals surface area contributed by atoms with E-state index < -0.39 is 18.8 Å². The summed E-state index contributed by atoms with van der Waals surface area (Å²) < 4.78 is 46.5. The minimum atomic E-state index is -3.86. The van der Waals surface area contributed by atoms with Crippen molar-refractivity contribution in [1.29, 1.82) is 0 Å². The summed E-state index contributed by atoms with van der Waals surface area (Å²) in [5, 5.41) is 0. The highest BCUT2D eigenvalue weighted by Crippen LogP contribution is 2.27. The summed E-state index contributed by atoms with van der Waals surface area (Å²) in [6.45, 7) is 0.0162. The van der Waals surface area contributed by atoms with Crippen LogP contribution in [0.15, 0.2) is 0 Å². The Balaban J connectivity index is 3.63. The smallest absolute Gasteiger partial charge is 0.307 e. The van der Waals surface area contributed by atoms with Gasteiger partial charge in [-0.05, 0) is 13.0 Å². The van der Waals surface area contributed by atoms with Gasteiger partial charge in [-0.3, -0.25) is 0 Å². The molecule has 2 N–H and O–H groups in total. The second-order valence-corrected chi connectivity index (χ2v) is 1.95.